The summed E-state index contributed by atoms with van der Waals surface area (Å²) >= 11 is 0. The molecule has 2 heterocycles. The average molecular weight is 297 g/mol. The maximum Gasteiger partial charge on any atom is 0.272 e. The number of hydrogen-bond donors (Lipinski definition) is 3. The van der Waals surface area contributed by atoms with Crippen molar-refractivity contribution in [3.05, 3.63) is 58.0 Å². The normalized spacial score (nSPS) is 12.3. The molecule has 0 aliphatic heterocycles. The summed E-state index contributed by atoms with van der Waals surface area (Å²) in [7, 11) is 0. The molecular weight excluding hydrogens is 282 g/mol. The van der Waals surface area contributed by atoms with Gasteiger partial charge in [-0.3, -0.25) is 9.59 Å². The van der Waals surface area contributed by atoms with Gasteiger partial charge in [0.25, 0.3) is 11.5 Å². The van der Waals surface area contributed by atoms with E-state index in [9.17, 15) is 9.59 Å². The van der Waals surface area contributed by atoms with Crippen LogP contribution in [0.25, 0.3) is 10.8 Å². The van der Waals surface area contributed by atoms with Crippen molar-refractivity contribution in [2.45, 2.75) is 19.9 Å². The van der Waals surface area contributed by atoms with Gasteiger partial charge in [0.2, 0.25) is 0 Å². The molecule has 2 aromatic heterocycles. The van der Waals surface area contributed by atoms with Crippen LogP contribution in [0.15, 0.2) is 35.3 Å². The molecule has 3 rings (SSSR count). The number of nitrogens with zero attached hydrogens (tertiary/aromatic N) is 2. The van der Waals surface area contributed by atoms with Crippen LogP contribution in [-0.2, 0) is 0 Å². The Kier molecular flexibility index (Phi) is 3.46. The van der Waals surface area contributed by atoms with Crippen molar-refractivity contribution < 1.29 is 4.79 Å². The number of hydrogen-bond acceptors (Lipinski definition) is 4. The Hall–Kier alpha value is -2.96. The van der Waals surface area contributed by atoms with Crippen LogP contribution in [0.3, 0.4) is 0 Å². The number of aromatic nitrogens is 4. The van der Waals surface area contributed by atoms with Crippen LogP contribution in [0.1, 0.15) is 35.0 Å². The fourth-order valence-corrected chi connectivity index (χ4v) is 2.27. The Morgan fingerprint density at radius 2 is 2.00 bits per heavy atom. The lowest BCUT2D eigenvalue weighted by molar-refractivity contribution is 0.0934. The zero-order chi connectivity index (χ0) is 15.7. The monoisotopic (exact) mass is 297 g/mol. The van der Waals surface area contributed by atoms with E-state index in [0.29, 0.717) is 16.6 Å². The van der Waals surface area contributed by atoms with E-state index < -0.39 is 0 Å². The topological polar surface area (TPSA) is 104 Å². The maximum absolute atomic E-state index is 12.4. The lowest BCUT2D eigenvalue weighted by Crippen LogP contribution is -2.29. The maximum atomic E-state index is 12.4. The van der Waals surface area contributed by atoms with Gasteiger partial charge in [0.05, 0.1) is 11.4 Å². The summed E-state index contributed by atoms with van der Waals surface area (Å²) in [5.74, 6) is 0.300. The molecule has 3 aromatic rings. The predicted octanol–water partition coefficient (Wildman–Crippen LogP) is 1.45. The van der Waals surface area contributed by atoms with E-state index in [4.69, 9.17) is 0 Å². The number of nitrogens with one attached hydrogen (secondary N) is 3. The quantitative estimate of drug-likeness (QED) is 0.680. The molecule has 0 saturated heterocycles. The third-order valence-corrected chi connectivity index (χ3v) is 3.39. The Morgan fingerprint density at radius 3 is 2.68 bits per heavy atom. The second kappa shape index (κ2) is 5.44. The number of aryl methyl sites for hydroxylation is 1. The average Bonchev–Trinajstić information content (AvgIpc) is 2.94. The fraction of sp³-hybridized carbons (Fsp3) is 0.200. The van der Waals surface area contributed by atoms with Crippen LogP contribution >= 0.6 is 0 Å². The van der Waals surface area contributed by atoms with Crippen LogP contribution in [0, 0.1) is 6.92 Å². The van der Waals surface area contributed by atoms with Gasteiger partial charge < -0.3 is 10.3 Å². The van der Waals surface area contributed by atoms with E-state index in [1.165, 1.54) is 0 Å². The summed E-state index contributed by atoms with van der Waals surface area (Å²) in [4.78, 5) is 31.4. The first-order valence-electron chi connectivity index (χ1n) is 6.86. The summed E-state index contributed by atoms with van der Waals surface area (Å²) in [6.07, 6.45) is 1.70. The molecule has 22 heavy (non-hydrogen) atoms. The van der Waals surface area contributed by atoms with Crippen molar-refractivity contribution in [2.75, 3.05) is 0 Å². The first-order chi connectivity index (χ1) is 10.6. The minimum atomic E-state index is -0.367. The van der Waals surface area contributed by atoms with Gasteiger partial charge in [0, 0.05) is 17.3 Å². The van der Waals surface area contributed by atoms with E-state index in [2.05, 4.69) is 25.5 Å². The van der Waals surface area contributed by atoms with Crippen LogP contribution in [0.2, 0.25) is 0 Å². The molecule has 0 spiro atoms. The van der Waals surface area contributed by atoms with Crippen molar-refractivity contribution >= 4 is 16.7 Å². The van der Waals surface area contributed by atoms with E-state index in [1.54, 1.807) is 30.5 Å². The number of carbonyl (C=O) groups excluding carboxylic acids is 1. The van der Waals surface area contributed by atoms with Crippen LogP contribution in [-0.4, -0.2) is 26.1 Å². The van der Waals surface area contributed by atoms with Gasteiger partial charge in [-0.15, -0.1) is 0 Å². The van der Waals surface area contributed by atoms with Crippen LogP contribution < -0.4 is 10.9 Å². The minimum Gasteiger partial charge on any atom is -0.344 e. The molecule has 1 atom stereocenters. The summed E-state index contributed by atoms with van der Waals surface area (Å²) in [5.41, 5.74) is 0.788. The van der Waals surface area contributed by atoms with Gasteiger partial charge in [0.15, 0.2) is 5.69 Å². The van der Waals surface area contributed by atoms with Gasteiger partial charge in [0.1, 0.15) is 5.82 Å². The Labute approximate surface area is 125 Å². The highest BCUT2D eigenvalue weighted by molar-refractivity contribution is 6.04. The number of carbonyl (C=O) groups is 1. The summed E-state index contributed by atoms with van der Waals surface area (Å²) in [6.45, 7) is 3.71. The Morgan fingerprint density at radius 1 is 1.27 bits per heavy atom. The zero-order valence-electron chi connectivity index (χ0n) is 12.2. The van der Waals surface area contributed by atoms with Crippen LogP contribution in [0.4, 0.5) is 0 Å². The molecule has 0 fully saturated rings. The predicted molar refractivity (Wildman–Crippen MR) is 81.6 cm³/mol. The van der Waals surface area contributed by atoms with Crippen molar-refractivity contribution in [1.82, 2.24) is 25.5 Å². The molecular formula is C15H15N5O2. The van der Waals surface area contributed by atoms with Gasteiger partial charge in [-0.05, 0) is 19.9 Å². The molecule has 0 saturated carbocycles. The number of imidazole rings is 1. The first-order valence-corrected chi connectivity index (χ1v) is 6.86. The number of aromatic amines is 2. The van der Waals surface area contributed by atoms with E-state index in [-0.39, 0.29) is 23.2 Å². The van der Waals surface area contributed by atoms with Crippen molar-refractivity contribution in [3.8, 4) is 0 Å². The molecule has 0 radical (unpaired) electrons. The second-order valence-corrected chi connectivity index (χ2v) is 5.09. The van der Waals surface area contributed by atoms with Gasteiger partial charge >= 0.3 is 0 Å². The second-order valence-electron chi connectivity index (χ2n) is 5.09. The van der Waals surface area contributed by atoms with Crippen LogP contribution in [0.5, 0.6) is 0 Å². The highest BCUT2D eigenvalue weighted by atomic mass is 16.2. The van der Waals surface area contributed by atoms with E-state index >= 15 is 0 Å². The van der Waals surface area contributed by atoms with Crippen molar-refractivity contribution in [3.63, 3.8) is 0 Å². The smallest absolute Gasteiger partial charge is 0.272 e. The highest BCUT2D eigenvalue weighted by Gasteiger charge is 2.18. The minimum absolute atomic E-state index is 0.185. The number of rotatable bonds is 3. The lowest BCUT2D eigenvalue weighted by Gasteiger charge is -2.12. The van der Waals surface area contributed by atoms with Crippen molar-refractivity contribution in [1.29, 1.82) is 0 Å². The number of benzene rings is 1. The number of amides is 1. The number of H-pyrrole nitrogens is 2. The third kappa shape index (κ3) is 2.48. The van der Waals surface area contributed by atoms with E-state index in [1.807, 2.05) is 13.8 Å². The molecule has 1 amide bonds. The lowest BCUT2D eigenvalue weighted by atomic mass is 10.1. The standard InChI is InChI=1S/C15H15N5O2/c1-8-7-16-13(17-8)9(2)18-15(22)12-10-5-3-4-6-11(10)14(21)20-19-12/h3-7,9H,1-2H3,(H,16,17)(H,18,22)(H,20,21). The molecule has 3 N–H and O–H groups in total. The Bertz CT molecular complexity index is 896. The highest BCUT2D eigenvalue weighted by Crippen LogP contribution is 2.14. The van der Waals surface area contributed by atoms with Gasteiger partial charge in [-0.2, -0.15) is 5.10 Å². The first kappa shape index (κ1) is 14.0. The molecule has 7 heteroatoms. The molecule has 1 unspecified atom stereocenters. The fourth-order valence-electron chi connectivity index (χ4n) is 2.27. The summed E-state index contributed by atoms with van der Waals surface area (Å²) in [6, 6.07) is 6.57. The molecule has 0 bridgehead atoms. The Balaban J connectivity index is 1.93. The molecule has 1 aromatic carbocycles. The molecule has 112 valence electrons. The van der Waals surface area contributed by atoms with E-state index in [0.717, 1.165) is 5.69 Å². The number of fused-ring (bicyclic) bond motifs is 1. The summed E-state index contributed by atoms with van der Waals surface area (Å²) < 4.78 is 0. The van der Waals surface area contributed by atoms with Gasteiger partial charge in [-0.1, -0.05) is 18.2 Å². The molecule has 0 aliphatic rings. The van der Waals surface area contributed by atoms with Gasteiger partial charge in [-0.25, -0.2) is 10.1 Å². The largest absolute Gasteiger partial charge is 0.344 e. The SMILES string of the molecule is Cc1cnc(C(C)NC(=O)c2n[nH]c(=O)c3ccccc23)[nH]1. The molecule has 0 aliphatic carbocycles. The zero-order valence-corrected chi connectivity index (χ0v) is 12.2. The van der Waals surface area contributed by atoms with Crippen molar-refractivity contribution in [2.24, 2.45) is 0 Å². The molecule has 7 nitrogen and oxygen atoms in total. The third-order valence-electron chi connectivity index (χ3n) is 3.39. The summed E-state index contributed by atoms with van der Waals surface area (Å²) in [5, 5.41) is 10.0.